The molecule has 2 saturated carbocycles. The Morgan fingerprint density at radius 1 is 0.750 bits per heavy atom. The van der Waals surface area contributed by atoms with E-state index >= 15 is 0 Å². The van der Waals surface area contributed by atoms with Crippen molar-refractivity contribution in [2.75, 3.05) is 0 Å². The second kappa shape index (κ2) is 4.00. The van der Waals surface area contributed by atoms with Crippen LogP contribution in [0.1, 0.15) is 38.5 Å². The summed E-state index contributed by atoms with van der Waals surface area (Å²) in [5, 5.41) is 0. The number of hydrogen-bond acceptors (Lipinski definition) is 0. The van der Waals surface area contributed by atoms with Crippen LogP contribution in [0.2, 0.25) is 0 Å². The molecule has 0 aromatic carbocycles. The van der Waals surface area contributed by atoms with Crippen molar-refractivity contribution < 1.29 is 0 Å². The Morgan fingerprint density at radius 3 is 1.25 bits per heavy atom. The summed E-state index contributed by atoms with van der Waals surface area (Å²) in [7, 11) is 0. The van der Waals surface area contributed by atoms with Crippen molar-refractivity contribution in [1.82, 2.24) is 0 Å². The third kappa shape index (κ3) is 1.75. The van der Waals surface area contributed by atoms with Crippen molar-refractivity contribution in [1.29, 1.82) is 0 Å². The lowest BCUT2D eigenvalue weighted by Gasteiger charge is -2.39. The average molecular weight is 296 g/mol. The molecular weight excluding hydrogens is 280 g/mol. The van der Waals surface area contributed by atoms with E-state index in [2.05, 4.69) is 31.9 Å². The highest BCUT2D eigenvalue weighted by atomic mass is 79.9. The molecular formula is C10H16Br2. The topological polar surface area (TPSA) is 0 Å². The molecule has 0 saturated heterocycles. The minimum Gasteiger partial charge on any atom is -0.0875 e. The van der Waals surface area contributed by atoms with Crippen molar-refractivity contribution in [3.63, 3.8) is 0 Å². The van der Waals surface area contributed by atoms with Crippen molar-refractivity contribution in [3.05, 3.63) is 0 Å². The largest absolute Gasteiger partial charge is 0.0875 e. The molecule has 0 bridgehead atoms. The van der Waals surface area contributed by atoms with E-state index in [-0.39, 0.29) is 0 Å². The van der Waals surface area contributed by atoms with Crippen molar-refractivity contribution >= 4 is 31.9 Å². The monoisotopic (exact) mass is 294 g/mol. The maximum Gasteiger partial charge on any atom is 0.0302 e. The molecule has 70 valence electrons. The molecule has 0 radical (unpaired) electrons. The Labute approximate surface area is 91.7 Å². The first-order valence-electron chi connectivity index (χ1n) is 5.07. The van der Waals surface area contributed by atoms with Gasteiger partial charge in [-0.05, 0) is 37.5 Å². The van der Waals surface area contributed by atoms with Gasteiger partial charge < -0.3 is 0 Å². The molecule has 0 aromatic heterocycles. The van der Waals surface area contributed by atoms with Crippen LogP contribution < -0.4 is 0 Å². The zero-order chi connectivity index (χ0) is 8.55. The fourth-order valence-corrected chi connectivity index (χ4v) is 3.96. The predicted molar refractivity (Wildman–Crippen MR) is 60.1 cm³/mol. The summed E-state index contributed by atoms with van der Waals surface area (Å²) in [5.41, 5.74) is 0. The quantitative estimate of drug-likeness (QED) is 0.687. The van der Waals surface area contributed by atoms with Gasteiger partial charge in [0.05, 0.1) is 0 Å². The zero-order valence-electron chi connectivity index (χ0n) is 7.31. The van der Waals surface area contributed by atoms with Crippen LogP contribution in [-0.4, -0.2) is 9.65 Å². The number of hydrogen-bond donors (Lipinski definition) is 0. The molecule has 2 atom stereocenters. The van der Waals surface area contributed by atoms with E-state index < -0.39 is 0 Å². The van der Waals surface area contributed by atoms with E-state index in [4.69, 9.17) is 0 Å². The molecule has 0 aromatic rings. The van der Waals surface area contributed by atoms with Crippen LogP contribution in [0.15, 0.2) is 0 Å². The highest BCUT2D eigenvalue weighted by Gasteiger charge is 2.36. The number of halogens is 2. The Kier molecular flexibility index (Phi) is 3.17. The van der Waals surface area contributed by atoms with Gasteiger partial charge in [-0.1, -0.05) is 44.7 Å². The third-order valence-electron chi connectivity index (χ3n) is 3.50. The minimum atomic E-state index is 0.747. The summed E-state index contributed by atoms with van der Waals surface area (Å²) in [6.45, 7) is 0. The fraction of sp³-hybridized carbons (Fsp3) is 1.00. The van der Waals surface area contributed by atoms with Gasteiger partial charge in [0.1, 0.15) is 0 Å². The fourth-order valence-electron chi connectivity index (χ4n) is 2.04. The maximum atomic E-state index is 3.85. The summed E-state index contributed by atoms with van der Waals surface area (Å²) < 4.78 is 0. The Hall–Kier alpha value is 0.960. The van der Waals surface area contributed by atoms with Gasteiger partial charge in [0.15, 0.2) is 0 Å². The molecule has 2 rings (SSSR count). The van der Waals surface area contributed by atoms with Crippen LogP contribution in [0.5, 0.6) is 0 Å². The predicted octanol–water partition coefficient (Wildman–Crippen LogP) is 4.11. The molecule has 2 fully saturated rings. The smallest absolute Gasteiger partial charge is 0.0302 e. The van der Waals surface area contributed by atoms with Gasteiger partial charge in [-0.25, -0.2) is 0 Å². The molecule has 0 aliphatic heterocycles. The Morgan fingerprint density at radius 2 is 1.08 bits per heavy atom. The Bertz CT molecular complexity index is 132. The molecule has 0 amide bonds. The normalized spacial score (nSPS) is 30.5. The van der Waals surface area contributed by atoms with Crippen LogP contribution >= 0.6 is 31.9 Å². The molecule has 2 heteroatoms. The average Bonchev–Trinajstić information content (AvgIpc) is 1.79. The Balaban J connectivity index is 1.80. The molecule has 2 aliphatic carbocycles. The van der Waals surface area contributed by atoms with E-state index in [0.717, 1.165) is 21.5 Å². The minimum absolute atomic E-state index is 0.747. The highest BCUT2D eigenvalue weighted by Crippen LogP contribution is 2.43. The van der Waals surface area contributed by atoms with Gasteiger partial charge in [-0.2, -0.15) is 0 Å². The van der Waals surface area contributed by atoms with Crippen LogP contribution in [0.4, 0.5) is 0 Å². The summed E-state index contributed by atoms with van der Waals surface area (Å²) in [5.74, 6) is 1.94. The zero-order valence-corrected chi connectivity index (χ0v) is 10.5. The lowest BCUT2D eigenvalue weighted by atomic mass is 9.75. The van der Waals surface area contributed by atoms with Gasteiger partial charge in [0.2, 0.25) is 0 Å². The molecule has 12 heavy (non-hydrogen) atoms. The van der Waals surface area contributed by atoms with E-state index in [1.165, 1.54) is 38.5 Å². The lowest BCUT2D eigenvalue weighted by Crippen LogP contribution is -2.36. The summed E-state index contributed by atoms with van der Waals surface area (Å²) >= 11 is 7.70. The first-order valence-corrected chi connectivity index (χ1v) is 6.90. The van der Waals surface area contributed by atoms with Gasteiger partial charge in [0, 0.05) is 9.65 Å². The molecule has 0 N–H and O–H groups in total. The van der Waals surface area contributed by atoms with Crippen molar-refractivity contribution in [3.8, 4) is 0 Å². The van der Waals surface area contributed by atoms with E-state index in [1.807, 2.05) is 0 Å². The van der Waals surface area contributed by atoms with E-state index in [1.54, 1.807) is 0 Å². The SMILES string of the molecule is Br[C@H](C1CCC1)[C@H](Br)C1CCC1. The van der Waals surface area contributed by atoms with Crippen molar-refractivity contribution in [2.24, 2.45) is 11.8 Å². The van der Waals surface area contributed by atoms with Crippen LogP contribution in [-0.2, 0) is 0 Å². The lowest BCUT2D eigenvalue weighted by molar-refractivity contribution is 0.247. The number of alkyl halides is 2. The molecule has 0 nitrogen and oxygen atoms in total. The summed E-state index contributed by atoms with van der Waals surface area (Å²) in [4.78, 5) is 1.49. The molecule has 0 unspecified atom stereocenters. The van der Waals surface area contributed by atoms with Gasteiger partial charge >= 0.3 is 0 Å². The van der Waals surface area contributed by atoms with Crippen molar-refractivity contribution in [2.45, 2.75) is 48.2 Å². The molecule has 0 spiro atoms. The van der Waals surface area contributed by atoms with Gasteiger partial charge in [0.25, 0.3) is 0 Å². The van der Waals surface area contributed by atoms with E-state index in [0.29, 0.717) is 0 Å². The molecule has 0 heterocycles. The maximum absolute atomic E-state index is 3.85. The van der Waals surface area contributed by atoms with Gasteiger partial charge in [-0.15, -0.1) is 0 Å². The van der Waals surface area contributed by atoms with Gasteiger partial charge in [-0.3, -0.25) is 0 Å². The number of rotatable bonds is 3. The first kappa shape index (κ1) is 9.51. The second-order valence-corrected chi connectivity index (χ2v) is 6.39. The van der Waals surface area contributed by atoms with Crippen LogP contribution in [0.3, 0.4) is 0 Å². The standard InChI is InChI=1S/C10H16Br2/c11-9(7-3-1-4-7)10(12)8-5-2-6-8/h7-10H,1-6H2/t9-,10-/m1/s1. The first-order chi connectivity index (χ1) is 5.79. The summed E-state index contributed by atoms with van der Waals surface area (Å²) in [6.07, 6.45) is 8.71. The third-order valence-corrected chi connectivity index (χ3v) is 6.85. The van der Waals surface area contributed by atoms with E-state index in [9.17, 15) is 0 Å². The summed E-state index contributed by atoms with van der Waals surface area (Å²) in [6, 6.07) is 0. The molecule has 2 aliphatic rings. The highest BCUT2D eigenvalue weighted by molar-refractivity contribution is 9.12. The second-order valence-electron chi connectivity index (χ2n) is 4.27. The van der Waals surface area contributed by atoms with Crippen LogP contribution in [0, 0.1) is 11.8 Å². The van der Waals surface area contributed by atoms with Crippen LogP contribution in [0.25, 0.3) is 0 Å².